The summed E-state index contributed by atoms with van der Waals surface area (Å²) < 4.78 is 11.9. The molecule has 114 valence electrons. The number of benzene rings is 1. The van der Waals surface area contributed by atoms with Gasteiger partial charge in [-0.05, 0) is 25.1 Å². The molecule has 0 fully saturated rings. The fourth-order valence-electron chi connectivity index (χ4n) is 2.09. The number of anilines is 1. The zero-order valence-electron chi connectivity index (χ0n) is 11.8. The number of ether oxygens (including phenoxy) is 2. The third kappa shape index (κ3) is 2.46. The molecule has 1 aliphatic heterocycles. The van der Waals surface area contributed by atoms with Gasteiger partial charge in [-0.3, -0.25) is 14.3 Å². The van der Waals surface area contributed by atoms with Gasteiger partial charge in [-0.15, -0.1) is 0 Å². The van der Waals surface area contributed by atoms with Crippen LogP contribution in [0.2, 0.25) is 0 Å². The van der Waals surface area contributed by atoms with Crippen LogP contribution in [0.15, 0.2) is 24.4 Å². The number of hydrogen-bond acceptors (Lipinski definition) is 5. The first kappa shape index (κ1) is 13.9. The lowest BCUT2D eigenvalue weighted by atomic mass is 10.2. The van der Waals surface area contributed by atoms with Crippen LogP contribution in [0.4, 0.5) is 5.69 Å². The highest BCUT2D eigenvalue weighted by molar-refractivity contribution is 6.08. The fourth-order valence-corrected chi connectivity index (χ4v) is 2.09. The number of nitrogens with zero attached hydrogens (tertiary/aromatic N) is 2. The summed E-state index contributed by atoms with van der Waals surface area (Å²) in [5.41, 5.74) is 5.95. The van der Waals surface area contributed by atoms with Gasteiger partial charge in [0.1, 0.15) is 0 Å². The zero-order chi connectivity index (χ0) is 15.7. The molecule has 3 N–H and O–H groups in total. The molecule has 22 heavy (non-hydrogen) atoms. The molecule has 1 aliphatic rings. The summed E-state index contributed by atoms with van der Waals surface area (Å²) in [5, 5.41) is 6.65. The van der Waals surface area contributed by atoms with Crippen LogP contribution in [0.25, 0.3) is 0 Å². The van der Waals surface area contributed by atoms with Crippen molar-refractivity contribution >= 4 is 17.5 Å². The van der Waals surface area contributed by atoms with E-state index < -0.39 is 11.8 Å². The van der Waals surface area contributed by atoms with Crippen LogP contribution in [-0.4, -0.2) is 28.4 Å². The average molecular weight is 302 g/mol. The van der Waals surface area contributed by atoms with E-state index in [0.717, 1.165) is 0 Å². The van der Waals surface area contributed by atoms with E-state index in [2.05, 4.69) is 10.4 Å². The Hall–Kier alpha value is -3.03. The van der Waals surface area contributed by atoms with Crippen LogP contribution in [0, 0.1) is 0 Å². The van der Waals surface area contributed by atoms with Gasteiger partial charge in [-0.1, -0.05) is 0 Å². The number of aromatic nitrogens is 2. The molecule has 0 atom stereocenters. The van der Waals surface area contributed by atoms with Gasteiger partial charge in [-0.25, -0.2) is 0 Å². The van der Waals surface area contributed by atoms with Crippen LogP contribution in [0.3, 0.4) is 0 Å². The van der Waals surface area contributed by atoms with Crippen LogP contribution in [0.5, 0.6) is 11.5 Å². The smallest absolute Gasteiger partial charge is 0.271 e. The van der Waals surface area contributed by atoms with E-state index in [1.807, 2.05) is 6.92 Å². The number of nitrogens with two attached hydrogens (primary N) is 1. The van der Waals surface area contributed by atoms with E-state index in [1.54, 1.807) is 24.4 Å². The minimum atomic E-state index is -0.701. The van der Waals surface area contributed by atoms with Crippen molar-refractivity contribution in [2.75, 3.05) is 12.1 Å². The molecule has 0 spiro atoms. The molecule has 1 aromatic carbocycles. The third-order valence-electron chi connectivity index (χ3n) is 3.20. The largest absolute Gasteiger partial charge is 0.454 e. The Bertz CT molecular complexity index is 753. The highest BCUT2D eigenvalue weighted by Gasteiger charge is 2.19. The van der Waals surface area contributed by atoms with E-state index >= 15 is 0 Å². The van der Waals surface area contributed by atoms with Gasteiger partial charge in [0.2, 0.25) is 6.79 Å². The number of primary amides is 1. The predicted octanol–water partition coefficient (Wildman–Crippen LogP) is 0.983. The second-order valence-corrected chi connectivity index (χ2v) is 4.63. The van der Waals surface area contributed by atoms with Crippen molar-refractivity contribution < 1.29 is 19.1 Å². The standard InChI is InChI=1S/C14H14N4O4/c1-2-18-6-9(12(17-18)13(15)19)16-14(20)8-3-4-10-11(5-8)22-7-21-10/h3-6H,2,7H2,1H3,(H2,15,19)(H,16,20). The van der Waals surface area contributed by atoms with Gasteiger partial charge >= 0.3 is 0 Å². The van der Waals surface area contributed by atoms with Gasteiger partial charge in [0, 0.05) is 18.3 Å². The van der Waals surface area contributed by atoms with Crippen molar-refractivity contribution in [2.24, 2.45) is 5.73 Å². The van der Waals surface area contributed by atoms with E-state index in [4.69, 9.17) is 15.2 Å². The number of amides is 2. The third-order valence-corrected chi connectivity index (χ3v) is 3.20. The molecule has 0 saturated heterocycles. The molecule has 0 radical (unpaired) electrons. The molecule has 2 heterocycles. The molecular weight excluding hydrogens is 288 g/mol. The average Bonchev–Trinajstić information content (AvgIpc) is 3.12. The number of fused-ring (bicyclic) bond motifs is 1. The van der Waals surface area contributed by atoms with E-state index in [-0.39, 0.29) is 18.2 Å². The quantitative estimate of drug-likeness (QED) is 0.875. The molecule has 2 aromatic rings. The molecule has 0 aliphatic carbocycles. The molecule has 0 saturated carbocycles. The fraction of sp³-hybridized carbons (Fsp3) is 0.214. The van der Waals surface area contributed by atoms with Gasteiger partial charge in [0.15, 0.2) is 17.2 Å². The maximum atomic E-state index is 12.3. The number of carbonyl (C=O) groups is 2. The molecular formula is C14H14N4O4. The first-order valence-corrected chi connectivity index (χ1v) is 6.66. The Morgan fingerprint density at radius 1 is 1.36 bits per heavy atom. The van der Waals surface area contributed by atoms with Crippen LogP contribution in [0.1, 0.15) is 27.8 Å². The highest BCUT2D eigenvalue weighted by atomic mass is 16.7. The highest BCUT2D eigenvalue weighted by Crippen LogP contribution is 2.32. The Labute approximate surface area is 125 Å². The van der Waals surface area contributed by atoms with Crippen molar-refractivity contribution in [1.82, 2.24) is 9.78 Å². The maximum Gasteiger partial charge on any atom is 0.271 e. The van der Waals surface area contributed by atoms with Crippen molar-refractivity contribution in [1.29, 1.82) is 0 Å². The Kier molecular flexibility index (Phi) is 3.42. The lowest BCUT2D eigenvalue weighted by Crippen LogP contribution is -2.17. The molecule has 2 amide bonds. The van der Waals surface area contributed by atoms with Crippen LogP contribution < -0.4 is 20.5 Å². The van der Waals surface area contributed by atoms with Gasteiger partial charge in [0.05, 0.1) is 5.69 Å². The van der Waals surface area contributed by atoms with E-state index in [0.29, 0.717) is 23.6 Å². The van der Waals surface area contributed by atoms with Crippen molar-refractivity contribution in [2.45, 2.75) is 13.5 Å². The van der Waals surface area contributed by atoms with Crippen molar-refractivity contribution in [3.63, 3.8) is 0 Å². The number of hydrogen-bond donors (Lipinski definition) is 2. The van der Waals surface area contributed by atoms with E-state index in [9.17, 15) is 9.59 Å². The lowest BCUT2D eigenvalue weighted by molar-refractivity contribution is 0.0995. The molecule has 0 unspecified atom stereocenters. The van der Waals surface area contributed by atoms with Crippen molar-refractivity contribution in [3.05, 3.63) is 35.7 Å². The molecule has 0 bridgehead atoms. The summed E-state index contributed by atoms with van der Waals surface area (Å²) in [4.78, 5) is 23.7. The van der Waals surface area contributed by atoms with Gasteiger partial charge in [0.25, 0.3) is 11.8 Å². The molecule has 8 nitrogen and oxygen atoms in total. The monoisotopic (exact) mass is 302 g/mol. The topological polar surface area (TPSA) is 108 Å². The summed E-state index contributed by atoms with van der Waals surface area (Å²) >= 11 is 0. The zero-order valence-corrected chi connectivity index (χ0v) is 11.8. The lowest BCUT2D eigenvalue weighted by Gasteiger charge is -2.05. The molecule has 3 rings (SSSR count). The summed E-state index contributed by atoms with van der Waals surface area (Å²) in [5.74, 6) is 0.00449. The summed E-state index contributed by atoms with van der Waals surface area (Å²) in [7, 11) is 0. The Morgan fingerprint density at radius 2 is 2.14 bits per heavy atom. The second kappa shape index (κ2) is 5.40. The second-order valence-electron chi connectivity index (χ2n) is 4.63. The SMILES string of the molecule is CCn1cc(NC(=O)c2ccc3c(c2)OCO3)c(C(N)=O)n1. The van der Waals surface area contributed by atoms with Gasteiger partial charge in [-0.2, -0.15) is 5.10 Å². The number of nitrogens with one attached hydrogen (secondary N) is 1. The summed E-state index contributed by atoms with van der Waals surface area (Å²) in [6.07, 6.45) is 1.56. The minimum Gasteiger partial charge on any atom is -0.454 e. The number of rotatable bonds is 4. The van der Waals surface area contributed by atoms with Crippen LogP contribution >= 0.6 is 0 Å². The first-order valence-electron chi connectivity index (χ1n) is 6.66. The Balaban J connectivity index is 1.85. The van der Waals surface area contributed by atoms with E-state index in [1.165, 1.54) is 4.68 Å². The minimum absolute atomic E-state index is 0.0240. The Morgan fingerprint density at radius 3 is 2.86 bits per heavy atom. The van der Waals surface area contributed by atoms with Gasteiger partial charge < -0.3 is 20.5 Å². The normalized spacial score (nSPS) is 12.2. The maximum absolute atomic E-state index is 12.3. The predicted molar refractivity (Wildman–Crippen MR) is 76.9 cm³/mol. The summed E-state index contributed by atoms with van der Waals surface area (Å²) in [6, 6.07) is 4.84. The number of aryl methyl sites for hydroxylation is 1. The van der Waals surface area contributed by atoms with Crippen molar-refractivity contribution in [3.8, 4) is 11.5 Å². The van der Waals surface area contributed by atoms with Crippen LogP contribution in [-0.2, 0) is 6.54 Å². The first-order chi connectivity index (χ1) is 10.6. The molecule has 8 heteroatoms. The number of carbonyl (C=O) groups excluding carboxylic acids is 2. The summed E-state index contributed by atoms with van der Waals surface area (Å²) in [6.45, 7) is 2.55. The molecule has 1 aromatic heterocycles.